The lowest BCUT2D eigenvalue weighted by atomic mass is 9.98. The van der Waals surface area contributed by atoms with E-state index in [0.717, 1.165) is 135 Å². The van der Waals surface area contributed by atoms with Crippen molar-refractivity contribution in [3.05, 3.63) is 159 Å². The quantitative estimate of drug-likeness (QED) is 0.0324. The Balaban J connectivity index is 0.000000155. The van der Waals surface area contributed by atoms with Crippen LogP contribution >= 0.6 is 0 Å². The first-order valence-corrected chi connectivity index (χ1v) is 35.3. The number of benzene rings is 3. The third-order valence-corrected chi connectivity index (χ3v) is 21.4. The van der Waals surface area contributed by atoms with Crippen LogP contribution in [0.25, 0.3) is 17.1 Å². The van der Waals surface area contributed by atoms with Gasteiger partial charge in [-0.25, -0.2) is 8.42 Å². The number of aliphatic hydroxyl groups is 3. The van der Waals surface area contributed by atoms with Crippen molar-refractivity contribution in [2.24, 2.45) is 0 Å². The molecule has 6 fully saturated rings. The lowest BCUT2D eigenvalue weighted by Gasteiger charge is -2.21. The standard InChI is InChI=1S/C25H24N4O2.C25H31N3O4S.C25H31N3O3/c1-17-22(25(31)16-28-20-10-11-23(28)24(30)14-20)13-21(5-3-2-4-12-26)29(17)19-8-6-18(15-27)7-9-19;1-16(10-11-33(3,31)32)23-13-21(17(2)28(23)19-6-4-18(14-26)5-7-19)25(30)15-27-20-8-9-22(27)24(29)12-20;1-17-22(25(30)16-27-20-10-11-23(27)24(29)14-20)13-21(5-3-4-12-31-2)28(17)19-8-6-18(15-26)7-9-19/h6-9,13,20,23-24,30H,2,4,10-11,14,16H2,1H3;4-7,13,16,20,22,24,29H,8-12,15H2,1-3H3;6-9,13,20,23-24,29H,3-5,10-12,14,16H2,1-2H3/t20?,23?,24-;16?,20?,22?,24-;20?,23?,24-/m000/s1. The van der Waals surface area contributed by atoms with Crippen molar-refractivity contribution >= 4 is 27.2 Å². The molecular formula is C75H86N10O9S. The van der Waals surface area contributed by atoms with Crippen LogP contribution in [0.1, 0.15) is 185 Å². The molecule has 6 aliphatic rings. The number of Topliss-reactive ketones (excluding diaryl/α,β-unsaturated/α-hetero) is 3. The maximum atomic E-state index is 13.4. The van der Waals surface area contributed by atoms with Gasteiger partial charge in [-0.1, -0.05) is 12.8 Å². The number of carbonyl (C=O) groups excluding carboxylic acids is 3. The first kappa shape index (κ1) is 69.5. The summed E-state index contributed by atoms with van der Waals surface area (Å²) in [6.45, 7) is 9.46. The summed E-state index contributed by atoms with van der Waals surface area (Å²) in [5.41, 5.74) is 11.6. The van der Waals surface area contributed by atoms with E-state index in [0.29, 0.717) is 71.9 Å². The van der Waals surface area contributed by atoms with Crippen molar-refractivity contribution in [3.63, 3.8) is 0 Å². The van der Waals surface area contributed by atoms with E-state index in [9.17, 15) is 38.1 Å². The highest BCUT2D eigenvalue weighted by molar-refractivity contribution is 7.90. The average molecular weight is 1300 g/mol. The van der Waals surface area contributed by atoms with Crippen LogP contribution in [0.4, 0.5) is 0 Å². The molecule has 7 unspecified atom stereocenters. The Labute approximate surface area is 558 Å². The van der Waals surface area contributed by atoms with Crippen LogP contribution in [0, 0.1) is 77.9 Å². The van der Waals surface area contributed by atoms with E-state index >= 15 is 0 Å². The van der Waals surface area contributed by atoms with Gasteiger partial charge in [0, 0.05) is 131 Å². The van der Waals surface area contributed by atoms with Crippen LogP contribution in [0.3, 0.4) is 0 Å². The molecule has 19 nitrogen and oxygen atoms in total. The van der Waals surface area contributed by atoms with Gasteiger partial charge < -0.3 is 33.8 Å². The van der Waals surface area contributed by atoms with E-state index < -0.39 is 9.84 Å². The van der Waals surface area contributed by atoms with Gasteiger partial charge in [-0.3, -0.25) is 29.1 Å². The molecule has 3 N–H and O–H groups in total. The molecule has 3 aromatic heterocycles. The Bertz CT molecular complexity index is 4150. The molecule has 3 aromatic carbocycles. The number of rotatable bonds is 22. The molecule has 0 amide bonds. The average Bonchev–Trinajstić information content (AvgIpc) is 1.64. The van der Waals surface area contributed by atoms with Crippen LogP contribution in [0.15, 0.2) is 91.0 Å². The van der Waals surface area contributed by atoms with Crippen molar-refractivity contribution in [2.45, 2.75) is 184 Å². The minimum atomic E-state index is -3.10. The summed E-state index contributed by atoms with van der Waals surface area (Å²) in [5.74, 6) is 6.28. The summed E-state index contributed by atoms with van der Waals surface area (Å²) in [6, 6.07) is 37.3. The van der Waals surface area contributed by atoms with Crippen molar-refractivity contribution in [3.8, 4) is 53.2 Å². The van der Waals surface area contributed by atoms with Gasteiger partial charge in [-0.05, 0) is 207 Å². The number of ketones is 3. The minimum absolute atomic E-state index is 0.0162. The predicted octanol–water partition coefficient (Wildman–Crippen LogP) is 9.48. The number of fused-ring (bicyclic) bond motifs is 6. The maximum absolute atomic E-state index is 13.4. The first-order valence-electron chi connectivity index (χ1n) is 33.3. The fraction of sp³-hybridized carbons (Fsp3) is 0.480. The molecular weight excluding hydrogens is 1220 g/mol. The van der Waals surface area contributed by atoms with Crippen LogP contribution in [0.2, 0.25) is 0 Å². The number of methoxy groups -OCH3 is 1. The third kappa shape index (κ3) is 15.5. The number of unbranched alkanes of at least 4 members (excludes halogenated alkanes) is 2. The molecule has 95 heavy (non-hydrogen) atoms. The van der Waals surface area contributed by atoms with Crippen LogP contribution in [-0.2, 0) is 21.0 Å². The summed E-state index contributed by atoms with van der Waals surface area (Å²) in [7, 11) is -1.39. The molecule has 6 aliphatic heterocycles. The molecule has 0 radical (unpaired) electrons. The smallest absolute Gasteiger partial charge is 0.178 e. The van der Waals surface area contributed by atoms with E-state index in [1.807, 2.05) is 104 Å². The summed E-state index contributed by atoms with van der Waals surface area (Å²) >= 11 is 0. The van der Waals surface area contributed by atoms with Crippen molar-refractivity contribution in [1.29, 1.82) is 21.0 Å². The summed E-state index contributed by atoms with van der Waals surface area (Å²) < 4.78 is 34.8. The zero-order valence-electron chi connectivity index (χ0n) is 55.2. The van der Waals surface area contributed by atoms with Crippen molar-refractivity contribution < 1.29 is 42.9 Å². The summed E-state index contributed by atoms with van der Waals surface area (Å²) in [4.78, 5) is 46.5. The number of nitriles is 4. The Morgan fingerprint density at radius 1 is 0.568 bits per heavy atom. The second-order valence-corrected chi connectivity index (χ2v) is 28.8. The lowest BCUT2D eigenvalue weighted by molar-refractivity contribution is 0.0864. The van der Waals surface area contributed by atoms with Crippen molar-refractivity contribution in [2.75, 3.05) is 45.4 Å². The molecule has 10 atom stereocenters. The van der Waals surface area contributed by atoms with E-state index in [2.05, 4.69) is 55.4 Å². The minimum Gasteiger partial charge on any atom is -0.391 e. The summed E-state index contributed by atoms with van der Waals surface area (Å²) in [6.07, 6.45) is 12.6. The maximum Gasteiger partial charge on any atom is 0.178 e. The fourth-order valence-electron chi connectivity index (χ4n) is 15.5. The second-order valence-electron chi connectivity index (χ2n) is 26.5. The number of aryl methyl sites for hydroxylation is 1. The van der Waals surface area contributed by atoms with Crippen LogP contribution in [0.5, 0.6) is 0 Å². The molecule has 20 heteroatoms. The SMILES string of the molecule is COCCCCc1cc(C(=O)CN2C3CCC2[C@@H](O)C3)c(C)n1-c1ccc(C#N)cc1.Cc1c(C(=O)CN2C3CCC2[C@@H](O)C3)cc(C#CCCC#N)n1-c1ccc(C#N)cc1.Cc1c(C(=O)CN2C3CCC2[C@@H](O)C3)cc(C(C)CCS(C)(=O)=O)n1-c1ccc(C#N)cc1. The van der Waals surface area contributed by atoms with Gasteiger partial charge in [0.15, 0.2) is 17.3 Å². The van der Waals surface area contributed by atoms with E-state index in [1.54, 1.807) is 31.4 Å². The highest BCUT2D eigenvalue weighted by Gasteiger charge is 2.48. The zero-order valence-corrected chi connectivity index (χ0v) is 56.1. The second kappa shape index (κ2) is 30.6. The van der Waals surface area contributed by atoms with Crippen LogP contribution in [-0.4, -0.2) is 169 Å². The van der Waals surface area contributed by atoms with E-state index in [4.69, 9.17) is 25.8 Å². The van der Waals surface area contributed by atoms with Crippen molar-refractivity contribution in [1.82, 2.24) is 28.4 Å². The molecule has 6 bridgehead atoms. The highest BCUT2D eigenvalue weighted by Crippen LogP contribution is 2.41. The van der Waals surface area contributed by atoms with Gasteiger partial charge in [-0.2, -0.15) is 21.0 Å². The van der Waals surface area contributed by atoms with Gasteiger partial charge in [0.2, 0.25) is 0 Å². The van der Waals surface area contributed by atoms with E-state index in [1.165, 1.54) is 6.26 Å². The zero-order chi connectivity index (χ0) is 67.8. The highest BCUT2D eigenvalue weighted by atomic mass is 32.2. The predicted molar refractivity (Wildman–Crippen MR) is 360 cm³/mol. The largest absolute Gasteiger partial charge is 0.391 e. The van der Waals surface area contributed by atoms with Crippen LogP contribution < -0.4 is 0 Å². The molecule has 0 saturated carbocycles. The number of sulfone groups is 1. The number of hydrogen-bond donors (Lipinski definition) is 3. The molecule has 0 aliphatic carbocycles. The molecule has 6 saturated heterocycles. The molecule has 12 rings (SSSR count). The number of aromatic nitrogens is 3. The van der Waals surface area contributed by atoms with Gasteiger partial charge >= 0.3 is 0 Å². The molecule has 6 aromatic rings. The number of hydrogen-bond acceptors (Lipinski definition) is 16. The first-order chi connectivity index (χ1) is 45.6. The fourth-order valence-corrected chi connectivity index (χ4v) is 16.3. The topological polar surface area (TPSA) is 275 Å². The molecule has 0 spiro atoms. The Morgan fingerprint density at radius 3 is 1.38 bits per heavy atom. The third-order valence-electron chi connectivity index (χ3n) is 20.5. The monoisotopic (exact) mass is 1300 g/mol. The van der Waals surface area contributed by atoms with Gasteiger partial charge in [0.05, 0.1) is 90.4 Å². The van der Waals surface area contributed by atoms with Gasteiger partial charge in [0.25, 0.3) is 0 Å². The number of nitrogens with zero attached hydrogens (tertiary/aromatic N) is 10. The summed E-state index contributed by atoms with van der Waals surface area (Å²) in [5, 5.41) is 66.7. The normalized spacial score (nSPS) is 22.7. The van der Waals surface area contributed by atoms with Gasteiger partial charge in [0.1, 0.15) is 9.84 Å². The van der Waals surface area contributed by atoms with Gasteiger partial charge in [-0.15, -0.1) is 0 Å². The number of aliphatic hydroxyl groups excluding tert-OH is 3. The lowest BCUT2D eigenvalue weighted by Crippen LogP contribution is -2.36. The Hall–Kier alpha value is -8.30. The molecule has 9 heterocycles. The molecule has 496 valence electrons. The number of ether oxygens (including phenoxy) is 1. The Morgan fingerprint density at radius 2 is 0.979 bits per heavy atom. The van der Waals surface area contributed by atoms with E-state index in [-0.39, 0.29) is 84.1 Å². The number of carbonyl (C=O) groups is 3. The Kier molecular flexibility index (Phi) is 22.4.